The third-order valence-corrected chi connectivity index (χ3v) is 4.71. The number of rotatable bonds is 6. The van der Waals surface area contributed by atoms with Gasteiger partial charge in [0, 0.05) is 24.5 Å². The van der Waals surface area contributed by atoms with Crippen molar-refractivity contribution in [2.24, 2.45) is 0 Å². The van der Waals surface area contributed by atoms with Crippen molar-refractivity contribution in [2.75, 3.05) is 13.6 Å². The number of hydrogen-bond donors (Lipinski definition) is 1. The summed E-state index contributed by atoms with van der Waals surface area (Å²) in [5, 5.41) is 8.51. The van der Waals surface area contributed by atoms with Gasteiger partial charge in [0.2, 0.25) is 10.0 Å². The molecule has 0 fully saturated rings. The zero-order valence-electron chi connectivity index (χ0n) is 9.84. The topological polar surface area (TPSA) is 74.7 Å². The molecule has 0 aliphatic rings. The molecule has 1 aromatic rings. The lowest BCUT2D eigenvalue weighted by Crippen LogP contribution is -2.28. The molecule has 1 N–H and O–H groups in total. The maximum absolute atomic E-state index is 12.1. The molecule has 0 bridgehead atoms. The number of nitrogens with zero attached hydrogens (tertiary/aromatic N) is 1. The molecule has 100 valence electrons. The van der Waals surface area contributed by atoms with Crippen LogP contribution in [0, 0.1) is 0 Å². The molecule has 0 atom stereocenters. The average Bonchev–Trinajstić information content (AvgIpc) is 2.28. The van der Waals surface area contributed by atoms with E-state index >= 15 is 0 Å². The lowest BCUT2D eigenvalue weighted by Gasteiger charge is -2.16. The van der Waals surface area contributed by atoms with E-state index in [4.69, 9.17) is 5.11 Å². The maximum atomic E-state index is 12.1. The zero-order chi connectivity index (χ0) is 13.8. The average molecular weight is 336 g/mol. The Hall–Kier alpha value is -0.920. The van der Waals surface area contributed by atoms with Gasteiger partial charge in [-0.25, -0.2) is 12.7 Å². The van der Waals surface area contributed by atoms with Gasteiger partial charge >= 0.3 is 5.97 Å². The predicted molar refractivity (Wildman–Crippen MR) is 70.8 cm³/mol. The normalized spacial score (nSPS) is 11.7. The highest BCUT2D eigenvalue weighted by Gasteiger charge is 2.20. The number of hydrogen-bond acceptors (Lipinski definition) is 3. The zero-order valence-corrected chi connectivity index (χ0v) is 12.2. The Labute approximate surface area is 115 Å². The molecule has 5 nitrogen and oxygen atoms in total. The van der Waals surface area contributed by atoms with Crippen molar-refractivity contribution < 1.29 is 18.3 Å². The number of carbonyl (C=O) groups is 1. The van der Waals surface area contributed by atoms with Gasteiger partial charge in [-0.3, -0.25) is 4.79 Å². The van der Waals surface area contributed by atoms with Gasteiger partial charge in [0.1, 0.15) is 0 Å². The van der Waals surface area contributed by atoms with E-state index in [1.807, 2.05) is 0 Å². The first-order valence-corrected chi connectivity index (χ1v) is 7.51. The Morgan fingerprint density at radius 3 is 2.67 bits per heavy atom. The Balaban J connectivity index is 2.77. The van der Waals surface area contributed by atoms with Gasteiger partial charge in [-0.15, -0.1) is 0 Å². The third kappa shape index (κ3) is 4.08. The van der Waals surface area contributed by atoms with E-state index < -0.39 is 16.0 Å². The Morgan fingerprint density at radius 2 is 2.11 bits per heavy atom. The molecule has 1 rings (SSSR count). The van der Waals surface area contributed by atoms with Crippen LogP contribution < -0.4 is 0 Å². The van der Waals surface area contributed by atoms with Crippen molar-refractivity contribution in [2.45, 2.75) is 17.7 Å². The Kier molecular flexibility index (Phi) is 5.30. The first-order valence-electron chi connectivity index (χ1n) is 5.28. The fourth-order valence-electron chi connectivity index (χ4n) is 1.38. The van der Waals surface area contributed by atoms with Crippen molar-refractivity contribution in [1.29, 1.82) is 0 Å². The molecule has 0 saturated carbocycles. The molecule has 0 aliphatic heterocycles. The summed E-state index contributed by atoms with van der Waals surface area (Å²) in [4.78, 5) is 10.6. The van der Waals surface area contributed by atoms with E-state index in [1.54, 1.807) is 12.1 Å². The highest BCUT2D eigenvalue weighted by Crippen LogP contribution is 2.19. The standard InChI is InChI=1S/C11H14BrNO4S/c1-13(7-3-6-11(14)15)18(16,17)10-5-2-4-9(12)8-10/h2,4-5,8H,3,6-7H2,1H3,(H,14,15). The summed E-state index contributed by atoms with van der Waals surface area (Å²) in [7, 11) is -2.11. The minimum Gasteiger partial charge on any atom is -0.481 e. The van der Waals surface area contributed by atoms with E-state index in [-0.39, 0.29) is 17.9 Å². The highest BCUT2D eigenvalue weighted by molar-refractivity contribution is 9.10. The molecule has 0 spiro atoms. The molecule has 0 aromatic heterocycles. The van der Waals surface area contributed by atoms with Gasteiger partial charge in [0.25, 0.3) is 0 Å². The molecule has 18 heavy (non-hydrogen) atoms. The van der Waals surface area contributed by atoms with Gasteiger partial charge in [0.05, 0.1) is 4.90 Å². The van der Waals surface area contributed by atoms with Crippen molar-refractivity contribution in [3.63, 3.8) is 0 Å². The quantitative estimate of drug-likeness (QED) is 0.861. The van der Waals surface area contributed by atoms with Crippen LogP contribution in [0.5, 0.6) is 0 Å². The molecule has 0 amide bonds. The van der Waals surface area contributed by atoms with Crippen LogP contribution >= 0.6 is 15.9 Å². The van der Waals surface area contributed by atoms with Gasteiger partial charge in [-0.1, -0.05) is 22.0 Å². The second-order valence-corrected chi connectivity index (χ2v) is 6.74. The molecular formula is C11H14BrNO4S. The van der Waals surface area contributed by atoms with Crippen LogP contribution in [0.15, 0.2) is 33.6 Å². The monoisotopic (exact) mass is 335 g/mol. The van der Waals surface area contributed by atoms with Crippen molar-refractivity contribution in [1.82, 2.24) is 4.31 Å². The predicted octanol–water partition coefficient (Wildman–Crippen LogP) is 1.93. The van der Waals surface area contributed by atoms with Crippen molar-refractivity contribution in [3.05, 3.63) is 28.7 Å². The van der Waals surface area contributed by atoms with E-state index in [2.05, 4.69) is 15.9 Å². The molecule has 7 heteroatoms. The smallest absolute Gasteiger partial charge is 0.303 e. The molecule has 0 heterocycles. The summed E-state index contributed by atoms with van der Waals surface area (Å²) in [6.45, 7) is 0.182. The van der Waals surface area contributed by atoms with Crippen LogP contribution in [0.2, 0.25) is 0 Å². The first kappa shape index (κ1) is 15.1. The van der Waals surface area contributed by atoms with Crippen molar-refractivity contribution in [3.8, 4) is 0 Å². The molecule has 0 radical (unpaired) electrons. The van der Waals surface area contributed by atoms with E-state index in [0.29, 0.717) is 10.9 Å². The second-order valence-electron chi connectivity index (χ2n) is 3.78. The fourth-order valence-corrected chi connectivity index (χ4v) is 3.19. The Morgan fingerprint density at radius 1 is 1.44 bits per heavy atom. The fraction of sp³-hybridized carbons (Fsp3) is 0.364. The lowest BCUT2D eigenvalue weighted by atomic mass is 10.3. The number of benzene rings is 1. The second kappa shape index (κ2) is 6.31. The maximum Gasteiger partial charge on any atom is 0.303 e. The summed E-state index contributed by atoms with van der Waals surface area (Å²) in [6, 6.07) is 6.41. The van der Waals surface area contributed by atoms with E-state index in [0.717, 1.165) is 4.31 Å². The van der Waals surface area contributed by atoms with Crippen LogP contribution in [0.4, 0.5) is 0 Å². The van der Waals surface area contributed by atoms with Gasteiger partial charge in [-0.05, 0) is 24.6 Å². The number of carboxylic acid groups (broad SMARTS) is 1. The summed E-state index contributed by atoms with van der Waals surface area (Å²) in [6.07, 6.45) is 0.247. The number of aliphatic carboxylic acids is 1. The van der Waals surface area contributed by atoms with Crippen LogP contribution in [0.1, 0.15) is 12.8 Å². The lowest BCUT2D eigenvalue weighted by molar-refractivity contribution is -0.137. The largest absolute Gasteiger partial charge is 0.481 e. The molecule has 0 saturated heterocycles. The SMILES string of the molecule is CN(CCCC(=O)O)S(=O)(=O)c1cccc(Br)c1. The van der Waals surface area contributed by atoms with Crippen LogP contribution in [-0.4, -0.2) is 37.4 Å². The molecule has 0 unspecified atom stereocenters. The van der Waals surface area contributed by atoms with E-state index in [1.165, 1.54) is 19.2 Å². The third-order valence-electron chi connectivity index (χ3n) is 2.37. The van der Waals surface area contributed by atoms with Gasteiger partial charge < -0.3 is 5.11 Å². The van der Waals surface area contributed by atoms with Crippen LogP contribution in [0.25, 0.3) is 0 Å². The minimum absolute atomic E-state index is 0.0433. The van der Waals surface area contributed by atoms with Gasteiger partial charge in [0.15, 0.2) is 0 Å². The summed E-state index contributed by atoms with van der Waals surface area (Å²) < 4.78 is 26.1. The summed E-state index contributed by atoms with van der Waals surface area (Å²) >= 11 is 3.21. The van der Waals surface area contributed by atoms with Crippen molar-refractivity contribution >= 4 is 31.9 Å². The number of sulfonamides is 1. The summed E-state index contributed by atoms with van der Waals surface area (Å²) in [5.74, 6) is -0.928. The number of carboxylic acids is 1. The first-order chi connectivity index (χ1) is 8.34. The van der Waals surface area contributed by atoms with E-state index in [9.17, 15) is 13.2 Å². The summed E-state index contributed by atoms with van der Waals surface area (Å²) in [5.41, 5.74) is 0. The van der Waals surface area contributed by atoms with Gasteiger partial charge in [-0.2, -0.15) is 0 Å². The molecule has 0 aliphatic carbocycles. The van der Waals surface area contributed by atoms with Crippen LogP contribution in [0.3, 0.4) is 0 Å². The minimum atomic E-state index is -3.55. The highest BCUT2D eigenvalue weighted by atomic mass is 79.9. The number of halogens is 1. The Bertz CT molecular complexity index is 530. The van der Waals surface area contributed by atoms with Crippen LogP contribution in [-0.2, 0) is 14.8 Å². The molecule has 1 aromatic carbocycles. The molecular weight excluding hydrogens is 322 g/mol.